The lowest BCUT2D eigenvalue weighted by Crippen LogP contribution is -2.35. The highest BCUT2D eigenvalue weighted by Gasteiger charge is 2.16. The van der Waals surface area contributed by atoms with Crippen LogP contribution in [0.1, 0.15) is 46.3 Å². The Bertz CT molecular complexity index is 1140. The number of rotatable bonds is 7. The van der Waals surface area contributed by atoms with Crippen molar-refractivity contribution in [1.29, 1.82) is 5.41 Å². The molecule has 176 valence electrons. The summed E-state index contributed by atoms with van der Waals surface area (Å²) in [4.78, 5) is 19.4. The number of likely N-dealkylation sites (tertiary alicyclic amines) is 1. The fourth-order valence-corrected chi connectivity index (χ4v) is 4.00. The van der Waals surface area contributed by atoms with Crippen molar-refractivity contribution >= 4 is 23.2 Å². The van der Waals surface area contributed by atoms with Gasteiger partial charge in [0, 0.05) is 37.1 Å². The smallest absolute Gasteiger partial charge is 0.259 e. The molecule has 2 aromatic carbocycles. The van der Waals surface area contributed by atoms with Crippen LogP contribution in [-0.4, -0.2) is 41.8 Å². The Labute approximate surface area is 200 Å². The van der Waals surface area contributed by atoms with E-state index in [4.69, 9.17) is 10.1 Å². The van der Waals surface area contributed by atoms with Crippen LogP contribution in [0.25, 0.3) is 0 Å². The summed E-state index contributed by atoms with van der Waals surface area (Å²) < 4.78 is 5.33. The number of hydrogen-bond acceptors (Lipinski definition) is 5. The normalized spacial score (nSPS) is 13.3. The molecule has 0 spiro atoms. The van der Waals surface area contributed by atoms with Crippen LogP contribution in [0.15, 0.2) is 60.8 Å². The number of carbonyl (C=O) groups is 1. The Morgan fingerprint density at radius 1 is 1.06 bits per heavy atom. The molecule has 1 amide bonds. The SMILES string of the molecule is COc1ccc(NCc2ccc(C(=N)N3CCCCC3)cc2)c(C(=O)Nc2ccc(C)cn2)c1. The van der Waals surface area contributed by atoms with Crippen molar-refractivity contribution < 1.29 is 9.53 Å². The van der Waals surface area contributed by atoms with Gasteiger partial charge in [-0.05, 0) is 61.6 Å². The largest absolute Gasteiger partial charge is 0.497 e. The summed E-state index contributed by atoms with van der Waals surface area (Å²) >= 11 is 0. The molecule has 7 nitrogen and oxygen atoms in total. The van der Waals surface area contributed by atoms with Gasteiger partial charge in [-0.2, -0.15) is 0 Å². The molecule has 0 atom stereocenters. The maximum absolute atomic E-state index is 13.0. The van der Waals surface area contributed by atoms with E-state index in [0.717, 1.165) is 42.6 Å². The Morgan fingerprint density at radius 3 is 2.50 bits per heavy atom. The van der Waals surface area contributed by atoms with Gasteiger partial charge >= 0.3 is 0 Å². The van der Waals surface area contributed by atoms with Crippen molar-refractivity contribution in [3.63, 3.8) is 0 Å². The Kier molecular flexibility index (Phi) is 7.42. The number of amides is 1. The second-order valence-corrected chi connectivity index (χ2v) is 8.53. The fourth-order valence-electron chi connectivity index (χ4n) is 4.00. The third-order valence-corrected chi connectivity index (χ3v) is 6.01. The van der Waals surface area contributed by atoms with Crippen molar-refractivity contribution in [3.05, 3.63) is 83.0 Å². The van der Waals surface area contributed by atoms with Gasteiger partial charge in [-0.25, -0.2) is 4.98 Å². The molecule has 7 heteroatoms. The maximum atomic E-state index is 13.0. The number of nitrogens with one attached hydrogen (secondary N) is 3. The average Bonchev–Trinajstić information content (AvgIpc) is 2.89. The number of carbonyl (C=O) groups excluding carboxylic acids is 1. The highest BCUT2D eigenvalue weighted by molar-refractivity contribution is 6.08. The van der Waals surface area contributed by atoms with Gasteiger partial charge in [-0.3, -0.25) is 10.2 Å². The quantitative estimate of drug-likeness (QED) is 0.340. The number of nitrogens with zero attached hydrogens (tertiary/aromatic N) is 2. The molecule has 0 radical (unpaired) electrons. The van der Waals surface area contributed by atoms with E-state index in [1.54, 1.807) is 25.4 Å². The number of benzene rings is 2. The number of anilines is 2. The molecule has 34 heavy (non-hydrogen) atoms. The number of hydrogen-bond donors (Lipinski definition) is 3. The first kappa shape index (κ1) is 23.3. The second-order valence-electron chi connectivity index (χ2n) is 8.53. The minimum atomic E-state index is -0.261. The average molecular weight is 458 g/mol. The van der Waals surface area contributed by atoms with E-state index in [1.807, 2.05) is 49.4 Å². The molecule has 3 aromatic rings. The molecule has 1 aliphatic rings. The number of piperidine rings is 1. The summed E-state index contributed by atoms with van der Waals surface area (Å²) in [6.07, 6.45) is 5.28. The van der Waals surface area contributed by atoms with Gasteiger partial charge in [0.1, 0.15) is 17.4 Å². The van der Waals surface area contributed by atoms with Gasteiger partial charge < -0.3 is 20.3 Å². The molecule has 0 aliphatic carbocycles. The summed E-state index contributed by atoms with van der Waals surface area (Å²) in [5.74, 6) is 1.44. The predicted octanol–water partition coefficient (Wildman–Crippen LogP) is 5.07. The van der Waals surface area contributed by atoms with E-state index in [2.05, 4.69) is 20.5 Å². The Hall–Kier alpha value is -3.87. The summed E-state index contributed by atoms with van der Waals surface area (Å²) in [5.41, 5.74) is 4.21. The summed E-state index contributed by atoms with van der Waals surface area (Å²) in [7, 11) is 1.58. The minimum Gasteiger partial charge on any atom is -0.497 e. The van der Waals surface area contributed by atoms with Gasteiger partial charge in [0.05, 0.1) is 12.7 Å². The first-order valence-electron chi connectivity index (χ1n) is 11.6. The number of amidine groups is 1. The van der Waals surface area contributed by atoms with Crippen molar-refractivity contribution in [2.24, 2.45) is 0 Å². The zero-order chi connectivity index (χ0) is 23.9. The van der Waals surface area contributed by atoms with Crippen LogP contribution in [-0.2, 0) is 6.54 Å². The molecule has 1 saturated heterocycles. The van der Waals surface area contributed by atoms with Crippen molar-refractivity contribution in [1.82, 2.24) is 9.88 Å². The zero-order valence-corrected chi connectivity index (χ0v) is 19.7. The lowest BCUT2D eigenvalue weighted by Gasteiger charge is -2.29. The van der Waals surface area contributed by atoms with Crippen LogP contribution in [0.2, 0.25) is 0 Å². The van der Waals surface area contributed by atoms with E-state index in [0.29, 0.717) is 35.2 Å². The molecule has 0 bridgehead atoms. The predicted molar refractivity (Wildman–Crippen MR) is 136 cm³/mol. The van der Waals surface area contributed by atoms with Crippen molar-refractivity contribution in [3.8, 4) is 5.75 Å². The van der Waals surface area contributed by atoms with Crippen LogP contribution in [0.5, 0.6) is 5.75 Å². The van der Waals surface area contributed by atoms with Crippen LogP contribution >= 0.6 is 0 Å². The van der Waals surface area contributed by atoms with E-state index in [1.165, 1.54) is 6.42 Å². The lowest BCUT2D eigenvalue weighted by atomic mass is 10.1. The fraction of sp³-hybridized carbons (Fsp3) is 0.296. The maximum Gasteiger partial charge on any atom is 0.259 e. The molecule has 3 N–H and O–H groups in total. The van der Waals surface area contributed by atoms with Crippen molar-refractivity contribution in [2.75, 3.05) is 30.8 Å². The molecule has 0 unspecified atom stereocenters. The Balaban J connectivity index is 1.44. The van der Waals surface area contributed by atoms with Gasteiger partial charge in [0.25, 0.3) is 5.91 Å². The third-order valence-electron chi connectivity index (χ3n) is 6.01. The number of pyridine rings is 1. The molecule has 1 fully saturated rings. The van der Waals surface area contributed by atoms with Gasteiger partial charge in [0.15, 0.2) is 0 Å². The van der Waals surface area contributed by atoms with Gasteiger partial charge in [0.2, 0.25) is 0 Å². The topological polar surface area (TPSA) is 90.3 Å². The summed E-state index contributed by atoms with van der Waals surface area (Å²) in [5, 5.41) is 14.7. The monoisotopic (exact) mass is 457 g/mol. The number of methoxy groups -OCH3 is 1. The first-order valence-corrected chi connectivity index (χ1v) is 11.6. The van der Waals surface area contributed by atoms with Gasteiger partial charge in [-0.1, -0.05) is 30.3 Å². The van der Waals surface area contributed by atoms with Crippen LogP contribution in [0.3, 0.4) is 0 Å². The molecule has 2 heterocycles. The number of aromatic nitrogens is 1. The molecule has 1 aliphatic heterocycles. The van der Waals surface area contributed by atoms with Crippen LogP contribution < -0.4 is 15.4 Å². The third kappa shape index (κ3) is 5.73. The van der Waals surface area contributed by atoms with Crippen molar-refractivity contribution in [2.45, 2.75) is 32.7 Å². The highest BCUT2D eigenvalue weighted by atomic mass is 16.5. The highest BCUT2D eigenvalue weighted by Crippen LogP contribution is 2.24. The molecular weight excluding hydrogens is 426 g/mol. The summed E-state index contributed by atoms with van der Waals surface area (Å²) in [6, 6.07) is 17.1. The summed E-state index contributed by atoms with van der Waals surface area (Å²) in [6.45, 7) is 4.42. The van der Waals surface area contributed by atoms with E-state index in [-0.39, 0.29) is 5.91 Å². The van der Waals surface area contributed by atoms with E-state index < -0.39 is 0 Å². The van der Waals surface area contributed by atoms with Gasteiger partial charge in [-0.15, -0.1) is 0 Å². The number of aryl methyl sites for hydroxylation is 1. The molecule has 4 rings (SSSR count). The van der Waals surface area contributed by atoms with Crippen LogP contribution in [0, 0.1) is 12.3 Å². The Morgan fingerprint density at radius 2 is 1.82 bits per heavy atom. The van der Waals surface area contributed by atoms with E-state index in [9.17, 15) is 4.79 Å². The zero-order valence-electron chi connectivity index (χ0n) is 19.7. The molecule has 1 aromatic heterocycles. The molecule has 0 saturated carbocycles. The van der Waals surface area contributed by atoms with E-state index >= 15 is 0 Å². The number of ether oxygens (including phenoxy) is 1. The molecular formula is C27H31N5O2. The first-order chi connectivity index (χ1) is 16.5. The van der Waals surface area contributed by atoms with Crippen LogP contribution in [0.4, 0.5) is 11.5 Å². The minimum absolute atomic E-state index is 0.261. The standard InChI is InChI=1S/C27H31N5O2/c1-19-6-13-25(30-17-19)31-27(33)23-16-22(34-2)11-12-24(23)29-18-20-7-9-21(10-8-20)26(28)32-14-4-3-5-15-32/h6-13,16-17,28-29H,3-5,14-15,18H2,1-2H3,(H,30,31,33). The second kappa shape index (κ2) is 10.8. The lowest BCUT2D eigenvalue weighted by molar-refractivity contribution is 0.102.